The summed E-state index contributed by atoms with van der Waals surface area (Å²) in [5.41, 5.74) is 9.01. The lowest BCUT2D eigenvalue weighted by Crippen LogP contribution is -2.32. The molecule has 5 rings (SSSR count). The molecule has 0 radical (unpaired) electrons. The van der Waals surface area contributed by atoms with E-state index in [0.29, 0.717) is 22.6 Å². The van der Waals surface area contributed by atoms with Crippen molar-refractivity contribution in [2.24, 2.45) is 19.1 Å². The lowest BCUT2D eigenvalue weighted by molar-refractivity contribution is 0.0940. The highest BCUT2D eigenvalue weighted by molar-refractivity contribution is 6.03. The zero-order valence-electron chi connectivity index (χ0n) is 23.0. The molecule has 0 bridgehead atoms. The highest BCUT2D eigenvalue weighted by Crippen LogP contribution is 2.27. The highest BCUT2D eigenvalue weighted by atomic mass is 16.2. The standard InChI is InChI=1S/C31H30N8O2/c1-5-16-33-29-27(28(32)36-38(29)4)30(40)35-20(2)25-17-23-11-9-10-22(15-14-21-18-34-37(3)19-21)26(23)31(41)39(25)24-12-7-6-8-13-24/h5-20H,1H2,2-4H3,(H2,32,36)(H,35,40)/b15-14+,33-16-. The number of hydrogen-bond acceptors (Lipinski definition) is 6. The number of rotatable bonds is 8. The molecule has 206 valence electrons. The van der Waals surface area contributed by atoms with Gasteiger partial charge in [0.1, 0.15) is 5.56 Å². The van der Waals surface area contributed by atoms with Crippen LogP contribution in [-0.2, 0) is 14.1 Å². The summed E-state index contributed by atoms with van der Waals surface area (Å²) in [6.07, 6.45) is 10.5. The van der Waals surface area contributed by atoms with E-state index < -0.39 is 11.9 Å². The Kier molecular flexibility index (Phi) is 7.47. The Balaban J connectivity index is 1.62. The Morgan fingerprint density at radius 1 is 1.12 bits per heavy atom. The molecule has 3 aromatic heterocycles. The second kappa shape index (κ2) is 11.3. The van der Waals surface area contributed by atoms with E-state index in [0.717, 1.165) is 16.5 Å². The number of para-hydroxylation sites is 1. The van der Waals surface area contributed by atoms with E-state index in [4.69, 9.17) is 5.73 Å². The Morgan fingerprint density at radius 2 is 1.90 bits per heavy atom. The zero-order chi connectivity index (χ0) is 29.1. The lowest BCUT2D eigenvalue weighted by Gasteiger charge is -2.21. The van der Waals surface area contributed by atoms with Gasteiger partial charge in [-0.1, -0.05) is 61.2 Å². The molecule has 1 atom stereocenters. The number of aromatic nitrogens is 5. The van der Waals surface area contributed by atoms with Crippen LogP contribution in [0.2, 0.25) is 0 Å². The molecule has 1 amide bonds. The van der Waals surface area contributed by atoms with Crippen LogP contribution in [0.15, 0.2) is 89.4 Å². The van der Waals surface area contributed by atoms with E-state index >= 15 is 0 Å². The highest BCUT2D eigenvalue weighted by Gasteiger charge is 2.24. The molecule has 0 aliphatic carbocycles. The van der Waals surface area contributed by atoms with Crippen LogP contribution >= 0.6 is 0 Å². The van der Waals surface area contributed by atoms with Crippen LogP contribution in [0, 0.1) is 0 Å². The van der Waals surface area contributed by atoms with Gasteiger partial charge >= 0.3 is 0 Å². The number of amides is 1. The topological polar surface area (TPSA) is 125 Å². The van der Waals surface area contributed by atoms with E-state index in [1.807, 2.05) is 86.9 Å². The van der Waals surface area contributed by atoms with Crippen molar-refractivity contribution in [1.29, 1.82) is 0 Å². The van der Waals surface area contributed by atoms with Crippen LogP contribution in [0.4, 0.5) is 11.6 Å². The second-order valence-corrected chi connectivity index (χ2v) is 9.55. The molecule has 0 aliphatic heterocycles. The largest absolute Gasteiger partial charge is 0.381 e. The van der Waals surface area contributed by atoms with Gasteiger partial charge in [0.15, 0.2) is 11.6 Å². The van der Waals surface area contributed by atoms with Crippen molar-refractivity contribution in [3.05, 3.63) is 112 Å². The molecule has 0 saturated carbocycles. The molecule has 0 fully saturated rings. The first-order valence-electron chi connectivity index (χ1n) is 13.0. The molecule has 0 saturated heterocycles. The zero-order valence-corrected chi connectivity index (χ0v) is 23.0. The first-order chi connectivity index (χ1) is 19.8. The van der Waals surface area contributed by atoms with Crippen LogP contribution in [0.5, 0.6) is 0 Å². The summed E-state index contributed by atoms with van der Waals surface area (Å²) in [5.74, 6) is -0.104. The maximum absolute atomic E-state index is 14.2. The summed E-state index contributed by atoms with van der Waals surface area (Å²) in [6.45, 7) is 5.45. The number of nitrogen functional groups attached to an aromatic ring is 1. The third-order valence-electron chi connectivity index (χ3n) is 6.67. The maximum atomic E-state index is 14.2. The van der Waals surface area contributed by atoms with Gasteiger partial charge < -0.3 is 11.1 Å². The normalized spacial score (nSPS) is 12.4. The number of pyridine rings is 1. The number of aliphatic imine (C=N–C) groups is 1. The molecule has 3 heterocycles. The maximum Gasteiger partial charge on any atom is 0.263 e. The molecule has 0 aliphatic rings. The second-order valence-electron chi connectivity index (χ2n) is 9.55. The van der Waals surface area contributed by atoms with E-state index in [1.54, 1.807) is 22.5 Å². The lowest BCUT2D eigenvalue weighted by atomic mass is 10.0. The van der Waals surface area contributed by atoms with Gasteiger partial charge in [0, 0.05) is 43.5 Å². The Hall–Kier alpha value is -5.51. The number of nitrogens with one attached hydrogen (secondary N) is 1. The Bertz CT molecular complexity index is 1880. The molecule has 5 aromatic rings. The van der Waals surface area contributed by atoms with Crippen molar-refractivity contribution in [2.75, 3.05) is 5.73 Å². The first kappa shape index (κ1) is 27.1. The molecule has 10 nitrogen and oxygen atoms in total. The van der Waals surface area contributed by atoms with Gasteiger partial charge in [-0.05, 0) is 36.1 Å². The third-order valence-corrected chi connectivity index (χ3v) is 6.67. The van der Waals surface area contributed by atoms with Crippen LogP contribution in [0.25, 0.3) is 28.6 Å². The van der Waals surface area contributed by atoms with Gasteiger partial charge in [0.2, 0.25) is 0 Å². The SMILES string of the molecule is C=C/C=N\c1c(C(=O)NC(C)c2cc3cccc(/C=C/c4cnn(C)c4)c3c(=O)n2-c2ccccc2)c(N)nn1C. The van der Waals surface area contributed by atoms with Crippen molar-refractivity contribution < 1.29 is 4.79 Å². The van der Waals surface area contributed by atoms with Crippen LogP contribution in [0.1, 0.15) is 40.1 Å². The molecule has 2 aromatic carbocycles. The van der Waals surface area contributed by atoms with Crippen LogP contribution in [-0.4, -0.2) is 36.2 Å². The first-order valence-corrected chi connectivity index (χ1v) is 13.0. The van der Waals surface area contributed by atoms with Crippen LogP contribution < -0.4 is 16.6 Å². The predicted octanol–water partition coefficient (Wildman–Crippen LogP) is 4.59. The number of carbonyl (C=O) groups is 1. The summed E-state index contributed by atoms with van der Waals surface area (Å²) in [5, 5.41) is 12.7. The van der Waals surface area contributed by atoms with Gasteiger partial charge in [0.05, 0.1) is 17.6 Å². The number of fused-ring (bicyclic) bond motifs is 1. The number of nitrogens with two attached hydrogens (primary N) is 1. The molecule has 0 spiro atoms. The monoisotopic (exact) mass is 546 g/mol. The average molecular weight is 547 g/mol. The molecular formula is C31H30N8O2. The van der Waals surface area contributed by atoms with E-state index in [9.17, 15) is 9.59 Å². The predicted molar refractivity (Wildman–Crippen MR) is 164 cm³/mol. The average Bonchev–Trinajstić information content (AvgIpc) is 3.51. The summed E-state index contributed by atoms with van der Waals surface area (Å²) in [4.78, 5) is 32.0. The summed E-state index contributed by atoms with van der Waals surface area (Å²) < 4.78 is 4.80. The Labute approximate surface area is 236 Å². The Morgan fingerprint density at radius 3 is 2.61 bits per heavy atom. The number of benzene rings is 2. The van der Waals surface area contributed by atoms with E-state index in [2.05, 4.69) is 27.1 Å². The quantitative estimate of drug-likeness (QED) is 0.276. The van der Waals surface area contributed by atoms with Gasteiger partial charge in [-0.3, -0.25) is 18.8 Å². The molecule has 1 unspecified atom stereocenters. The van der Waals surface area contributed by atoms with Gasteiger partial charge in [-0.2, -0.15) is 10.2 Å². The fourth-order valence-corrected chi connectivity index (χ4v) is 4.79. The summed E-state index contributed by atoms with van der Waals surface area (Å²) in [6, 6.07) is 16.4. The van der Waals surface area contributed by atoms with Crippen molar-refractivity contribution in [3.8, 4) is 5.69 Å². The molecular weight excluding hydrogens is 516 g/mol. The number of hydrogen-bond donors (Lipinski definition) is 2. The smallest absolute Gasteiger partial charge is 0.263 e. The molecule has 10 heteroatoms. The summed E-state index contributed by atoms with van der Waals surface area (Å²) >= 11 is 0. The van der Waals surface area contributed by atoms with Crippen molar-refractivity contribution >= 4 is 46.7 Å². The van der Waals surface area contributed by atoms with E-state index in [-0.39, 0.29) is 16.9 Å². The molecule has 3 N–H and O–H groups in total. The number of carbonyl (C=O) groups excluding carboxylic acids is 1. The van der Waals surface area contributed by atoms with Gasteiger partial charge in [0.25, 0.3) is 11.5 Å². The van der Waals surface area contributed by atoms with Crippen LogP contribution in [0.3, 0.4) is 0 Å². The number of aryl methyl sites for hydroxylation is 2. The third kappa shape index (κ3) is 5.35. The minimum absolute atomic E-state index is 0.0532. The van der Waals surface area contributed by atoms with E-state index in [1.165, 1.54) is 17.0 Å². The van der Waals surface area contributed by atoms with Gasteiger partial charge in [-0.15, -0.1) is 0 Å². The molecule has 41 heavy (non-hydrogen) atoms. The van der Waals surface area contributed by atoms with Gasteiger partial charge in [-0.25, -0.2) is 9.67 Å². The number of allylic oxidation sites excluding steroid dienone is 1. The summed E-state index contributed by atoms with van der Waals surface area (Å²) in [7, 11) is 3.51. The minimum Gasteiger partial charge on any atom is -0.381 e. The fourth-order valence-electron chi connectivity index (χ4n) is 4.79. The number of anilines is 1. The van der Waals surface area contributed by atoms with Crippen molar-refractivity contribution in [3.63, 3.8) is 0 Å². The minimum atomic E-state index is -0.578. The van der Waals surface area contributed by atoms with Crippen molar-refractivity contribution in [2.45, 2.75) is 13.0 Å². The number of nitrogens with zero attached hydrogens (tertiary/aromatic N) is 6. The fraction of sp³-hybridized carbons (Fsp3) is 0.129. The van der Waals surface area contributed by atoms with Crippen molar-refractivity contribution in [1.82, 2.24) is 29.4 Å².